The number of anilines is 1. The normalized spacial score (nSPS) is 23.5. The molecule has 2 N–H and O–H groups in total. The summed E-state index contributed by atoms with van der Waals surface area (Å²) < 4.78 is 34.7. The highest BCUT2D eigenvalue weighted by Crippen LogP contribution is 2.36. The van der Waals surface area contributed by atoms with Crippen molar-refractivity contribution in [2.24, 2.45) is 5.73 Å². The minimum absolute atomic E-state index is 0.0521. The largest absolute Gasteiger partial charge is 0.444 e. The van der Waals surface area contributed by atoms with Crippen LogP contribution in [0.15, 0.2) is 12.1 Å². The first-order valence-electron chi connectivity index (χ1n) is 9.56. The fourth-order valence-corrected chi connectivity index (χ4v) is 4.01. The molecule has 3 atom stereocenters. The van der Waals surface area contributed by atoms with Gasteiger partial charge in [-0.2, -0.15) is 0 Å². The number of nitrogens with two attached hydrogens (primary N) is 1. The minimum Gasteiger partial charge on any atom is -0.444 e. The van der Waals surface area contributed by atoms with E-state index in [1.807, 2.05) is 25.7 Å². The van der Waals surface area contributed by atoms with E-state index in [0.717, 1.165) is 12.8 Å². The monoisotopic (exact) mass is 381 g/mol. The zero-order valence-corrected chi connectivity index (χ0v) is 16.5. The number of hydrogen-bond donors (Lipinski definition) is 1. The van der Waals surface area contributed by atoms with Crippen LogP contribution in [0.5, 0.6) is 0 Å². The number of nitrogens with zero attached hydrogens (tertiary/aromatic N) is 2. The first kappa shape index (κ1) is 19.9. The van der Waals surface area contributed by atoms with Crippen molar-refractivity contribution >= 4 is 11.8 Å². The van der Waals surface area contributed by atoms with Crippen LogP contribution in [-0.4, -0.2) is 48.3 Å². The molecule has 150 valence electrons. The molecular formula is C20H29F2N3O2. The predicted octanol–water partition coefficient (Wildman–Crippen LogP) is 3.62. The van der Waals surface area contributed by atoms with Crippen LogP contribution in [-0.2, 0) is 4.74 Å². The molecule has 5 nitrogen and oxygen atoms in total. The highest BCUT2D eigenvalue weighted by Gasteiger charge is 2.44. The van der Waals surface area contributed by atoms with Crippen molar-refractivity contribution in [3.63, 3.8) is 0 Å². The van der Waals surface area contributed by atoms with Gasteiger partial charge in [-0.05, 0) is 57.7 Å². The number of amides is 1. The molecule has 27 heavy (non-hydrogen) atoms. The number of fused-ring (bicyclic) bond motifs is 2. The van der Waals surface area contributed by atoms with Crippen molar-refractivity contribution in [1.82, 2.24) is 4.90 Å². The van der Waals surface area contributed by atoms with E-state index in [9.17, 15) is 13.6 Å². The Balaban J connectivity index is 1.79. The Morgan fingerprint density at radius 3 is 2.33 bits per heavy atom. The number of halogens is 2. The molecule has 2 saturated heterocycles. The summed E-state index contributed by atoms with van der Waals surface area (Å²) in [5.74, 6) is -1.13. The van der Waals surface area contributed by atoms with Crippen LogP contribution in [0.3, 0.4) is 0 Å². The Hall–Kier alpha value is -1.89. The number of benzene rings is 1. The molecule has 2 bridgehead atoms. The lowest BCUT2D eigenvalue weighted by atomic mass is 9.99. The number of hydrogen-bond acceptors (Lipinski definition) is 4. The predicted molar refractivity (Wildman–Crippen MR) is 101 cm³/mol. The molecule has 2 fully saturated rings. The lowest BCUT2D eigenvalue weighted by molar-refractivity contribution is 0.0123. The fourth-order valence-electron chi connectivity index (χ4n) is 4.01. The maximum atomic E-state index is 14.7. The van der Waals surface area contributed by atoms with E-state index in [-0.39, 0.29) is 36.3 Å². The average molecular weight is 381 g/mol. The summed E-state index contributed by atoms with van der Waals surface area (Å²) in [5, 5.41) is 0. The van der Waals surface area contributed by atoms with Gasteiger partial charge < -0.3 is 15.4 Å². The maximum Gasteiger partial charge on any atom is 0.410 e. The molecule has 0 spiro atoms. The van der Waals surface area contributed by atoms with Crippen LogP contribution in [0, 0.1) is 11.6 Å². The van der Waals surface area contributed by atoms with Crippen LogP contribution in [0.25, 0.3) is 0 Å². The van der Waals surface area contributed by atoms with Crippen molar-refractivity contribution in [3.8, 4) is 0 Å². The zero-order valence-electron chi connectivity index (χ0n) is 16.5. The van der Waals surface area contributed by atoms with Gasteiger partial charge in [0.25, 0.3) is 0 Å². The quantitative estimate of drug-likeness (QED) is 0.869. The second-order valence-corrected chi connectivity index (χ2v) is 8.64. The second-order valence-electron chi connectivity index (χ2n) is 8.64. The molecule has 0 saturated carbocycles. The van der Waals surface area contributed by atoms with E-state index >= 15 is 0 Å². The van der Waals surface area contributed by atoms with Gasteiger partial charge in [-0.15, -0.1) is 0 Å². The Bertz CT molecular complexity index is 706. The summed E-state index contributed by atoms with van der Waals surface area (Å²) in [6.45, 7) is 8.49. The fraction of sp³-hybridized carbons (Fsp3) is 0.650. The number of piperazine rings is 1. The summed E-state index contributed by atoms with van der Waals surface area (Å²) in [6, 6.07) is 2.41. The van der Waals surface area contributed by atoms with Crippen LogP contribution in [0.2, 0.25) is 0 Å². The molecule has 1 aromatic carbocycles. The van der Waals surface area contributed by atoms with Gasteiger partial charge in [0.15, 0.2) is 0 Å². The summed E-state index contributed by atoms with van der Waals surface area (Å²) in [5.41, 5.74) is 5.58. The number of rotatable bonds is 3. The van der Waals surface area contributed by atoms with E-state index in [2.05, 4.69) is 0 Å². The second kappa shape index (κ2) is 7.26. The van der Waals surface area contributed by atoms with E-state index in [4.69, 9.17) is 10.5 Å². The van der Waals surface area contributed by atoms with Gasteiger partial charge in [0.2, 0.25) is 0 Å². The van der Waals surface area contributed by atoms with Crippen LogP contribution in [0.1, 0.15) is 52.0 Å². The number of carbonyl (C=O) groups excluding carboxylic acids is 1. The third kappa shape index (κ3) is 4.03. The number of ether oxygens (including phenoxy) is 1. The van der Waals surface area contributed by atoms with Crippen molar-refractivity contribution in [2.45, 2.75) is 64.1 Å². The molecule has 3 rings (SSSR count). The Morgan fingerprint density at radius 1 is 1.22 bits per heavy atom. The molecule has 1 amide bonds. The minimum atomic E-state index is -0.557. The highest BCUT2D eigenvalue weighted by atomic mass is 19.1. The van der Waals surface area contributed by atoms with Gasteiger partial charge in [-0.3, -0.25) is 4.90 Å². The molecule has 2 aliphatic rings. The smallest absolute Gasteiger partial charge is 0.410 e. The van der Waals surface area contributed by atoms with Crippen LogP contribution < -0.4 is 10.6 Å². The van der Waals surface area contributed by atoms with E-state index in [0.29, 0.717) is 18.7 Å². The maximum absolute atomic E-state index is 14.7. The summed E-state index contributed by atoms with van der Waals surface area (Å²) in [7, 11) is 0. The Kier molecular flexibility index (Phi) is 5.34. The summed E-state index contributed by atoms with van der Waals surface area (Å²) in [6.07, 6.45) is 1.35. The van der Waals surface area contributed by atoms with Gasteiger partial charge in [0.05, 0.1) is 17.8 Å². The van der Waals surface area contributed by atoms with Crippen molar-refractivity contribution in [2.75, 3.05) is 24.5 Å². The van der Waals surface area contributed by atoms with Gasteiger partial charge in [-0.25, -0.2) is 13.6 Å². The van der Waals surface area contributed by atoms with Gasteiger partial charge >= 0.3 is 6.09 Å². The topological polar surface area (TPSA) is 58.8 Å². The van der Waals surface area contributed by atoms with E-state index in [1.165, 1.54) is 12.1 Å². The molecular weight excluding hydrogens is 352 g/mol. The summed E-state index contributed by atoms with van der Waals surface area (Å²) in [4.78, 5) is 16.2. The van der Waals surface area contributed by atoms with Gasteiger partial charge in [-0.1, -0.05) is 6.92 Å². The molecule has 3 unspecified atom stereocenters. The van der Waals surface area contributed by atoms with Crippen molar-refractivity contribution < 1.29 is 18.3 Å². The van der Waals surface area contributed by atoms with Gasteiger partial charge in [0.1, 0.15) is 17.2 Å². The number of carbonyl (C=O) groups is 1. The Labute approximate surface area is 159 Å². The molecule has 2 aliphatic heterocycles. The molecule has 0 radical (unpaired) electrons. The first-order chi connectivity index (χ1) is 12.6. The summed E-state index contributed by atoms with van der Waals surface area (Å²) >= 11 is 0. The van der Waals surface area contributed by atoms with Crippen molar-refractivity contribution in [1.29, 1.82) is 0 Å². The lowest BCUT2D eigenvalue weighted by Crippen LogP contribution is -2.57. The SMILES string of the molecule is CC(CN)c1cc(F)c(N2CC3CCC(C2)N3C(=O)OC(C)(C)C)cc1F. The van der Waals surface area contributed by atoms with Crippen molar-refractivity contribution in [3.05, 3.63) is 29.3 Å². The average Bonchev–Trinajstić information content (AvgIpc) is 2.85. The molecule has 2 heterocycles. The lowest BCUT2D eigenvalue weighted by Gasteiger charge is -2.42. The first-order valence-corrected chi connectivity index (χ1v) is 9.56. The molecule has 0 aromatic heterocycles. The third-order valence-electron chi connectivity index (χ3n) is 5.38. The van der Waals surface area contributed by atoms with Crippen LogP contribution >= 0.6 is 0 Å². The zero-order chi connectivity index (χ0) is 19.9. The van der Waals surface area contributed by atoms with E-state index in [1.54, 1.807) is 11.8 Å². The molecule has 1 aromatic rings. The van der Waals surface area contributed by atoms with E-state index < -0.39 is 17.2 Å². The van der Waals surface area contributed by atoms with Crippen LogP contribution in [0.4, 0.5) is 19.3 Å². The Morgan fingerprint density at radius 2 is 1.81 bits per heavy atom. The molecule has 0 aliphatic carbocycles. The third-order valence-corrected chi connectivity index (χ3v) is 5.38. The molecule has 7 heteroatoms. The standard InChI is InChI=1S/C20H29F2N3O2/c1-12(9-23)15-7-17(22)18(8-16(15)21)24-10-13-5-6-14(11-24)25(13)19(26)27-20(2,3)4/h7-8,12-14H,5-6,9-11,23H2,1-4H3. The van der Waals surface area contributed by atoms with Gasteiger partial charge in [0, 0.05) is 19.2 Å². The highest BCUT2D eigenvalue weighted by molar-refractivity contribution is 5.70.